The number of nitrogens with zero attached hydrogens (tertiary/aromatic N) is 2. The Bertz CT molecular complexity index is 655. The molecule has 1 saturated carbocycles. The van der Waals surface area contributed by atoms with E-state index in [1.165, 1.54) is 6.42 Å². The molecule has 1 aromatic carbocycles. The second-order valence-electron chi connectivity index (χ2n) is 5.94. The summed E-state index contributed by atoms with van der Waals surface area (Å²) >= 11 is 3.27. The Hall–Kier alpha value is -2.40. The van der Waals surface area contributed by atoms with Crippen LogP contribution < -0.4 is 4.89 Å². The number of rotatable bonds is 8. The van der Waals surface area contributed by atoms with Gasteiger partial charge in [0.15, 0.2) is 0 Å². The second-order valence-corrected chi connectivity index (χ2v) is 6.09. The number of benzene rings is 1. The van der Waals surface area contributed by atoms with Crippen LogP contribution in [0.2, 0.25) is 0 Å². The summed E-state index contributed by atoms with van der Waals surface area (Å²) in [5.41, 5.74) is -1.90. The van der Waals surface area contributed by atoms with E-state index in [0.717, 1.165) is 37.8 Å². The van der Waals surface area contributed by atoms with Crippen molar-refractivity contribution >= 4 is 30.3 Å². The number of carbonyl (C=O) groups is 1. The lowest BCUT2D eigenvalue weighted by Crippen LogP contribution is -2.13. The number of hydrogen-bond acceptors (Lipinski definition) is 9. The molecule has 0 N–H and O–H groups in total. The minimum atomic E-state index is -0.923. The molecule has 0 radical (unpaired) electrons. The quantitative estimate of drug-likeness (QED) is 0.178. The van der Waals surface area contributed by atoms with Crippen molar-refractivity contribution < 1.29 is 28.6 Å². The molecule has 11 heteroatoms. The van der Waals surface area contributed by atoms with Crippen LogP contribution >= 0.6 is 12.9 Å². The van der Waals surface area contributed by atoms with Crippen LogP contribution in [0.4, 0.5) is 11.4 Å². The topological polar surface area (TPSA) is 131 Å². The molecule has 0 bridgehead atoms. The Kier molecular flexibility index (Phi) is 7.16. The lowest BCUT2D eigenvalue weighted by atomic mass is 9.87. The van der Waals surface area contributed by atoms with Crippen LogP contribution in [-0.4, -0.2) is 22.4 Å². The molecule has 1 aliphatic carbocycles. The van der Waals surface area contributed by atoms with Gasteiger partial charge in [0.1, 0.15) is 0 Å². The Morgan fingerprint density at radius 1 is 1.12 bits per heavy atom. The van der Waals surface area contributed by atoms with E-state index in [-0.39, 0.29) is 12.2 Å². The zero-order valence-electron chi connectivity index (χ0n) is 13.8. The number of nitro benzene ring substituents is 2. The Morgan fingerprint density at radius 3 is 2.19 bits per heavy atom. The molecule has 2 rings (SSSR count). The predicted molar refractivity (Wildman–Crippen MR) is 91.9 cm³/mol. The fourth-order valence-corrected chi connectivity index (χ4v) is 3.06. The molecule has 0 spiro atoms. The first-order valence-corrected chi connectivity index (χ1v) is 8.42. The van der Waals surface area contributed by atoms with Crippen LogP contribution in [0.25, 0.3) is 0 Å². The predicted octanol–water partition coefficient (Wildman–Crippen LogP) is 3.79. The Labute approximate surface area is 154 Å². The summed E-state index contributed by atoms with van der Waals surface area (Å²) in [6, 6.07) is 1.69. The molecule has 0 amide bonds. The molecule has 0 aromatic heterocycles. The maximum absolute atomic E-state index is 12.2. The van der Waals surface area contributed by atoms with Gasteiger partial charge in [0.05, 0.1) is 22.0 Å². The summed E-state index contributed by atoms with van der Waals surface area (Å²) in [5.74, 6) is -1.14. The molecule has 142 valence electrons. The molecule has 0 saturated heterocycles. The average molecular weight is 386 g/mol. The third kappa shape index (κ3) is 5.05. The SMILES string of the molecule is O=C(OCCC1CCCCC1)c1cc([N+](=O)[O-])c(OOS)c([N+](=O)[O-])c1. The zero-order valence-corrected chi connectivity index (χ0v) is 14.7. The van der Waals surface area contributed by atoms with E-state index in [1.54, 1.807) is 0 Å². The fourth-order valence-electron chi connectivity index (χ4n) is 2.99. The molecule has 0 aliphatic heterocycles. The van der Waals surface area contributed by atoms with Crippen molar-refractivity contribution in [1.29, 1.82) is 0 Å². The maximum atomic E-state index is 12.2. The van der Waals surface area contributed by atoms with Gasteiger partial charge in [0.25, 0.3) is 0 Å². The van der Waals surface area contributed by atoms with Gasteiger partial charge in [-0.2, -0.15) is 0 Å². The Balaban J connectivity index is 2.15. The number of esters is 1. The highest BCUT2D eigenvalue weighted by molar-refractivity contribution is 7.74. The van der Waals surface area contributed by atoms with Gasteiger partial charge in [0.2, 0.25) is 0 Å². The van der Waals surface area contributed by atoms with Crippen molar-refractivity contribution in [2.75, 3.05) is 6.61 Å². The van der Waals surface area contributed by atoms with Crippen LogP contribution in [-0.2, 0) is 9.07 Å². The van der Waals surface area contributed by atoms with Crippen molar-refractivity contribution in [3.05, 3.63) is 37.9 Å². The van der Waals surface area contributed by atoms with Gasteiger partial charge < -0.3 is 9.62 Å². The van der Waals surface area contributed by atoms with E-state index in [4.69, 9.17) is 4.74 Å². The highest BCUT2D eigenvalue weighted by Gasteiger charge is 2.32. The largest absolute Gasteiger partial charge is 0.462 e. The van der Waals surface area contributed by atoms with E-state index >= 15 is 0 Å². The zero-order chi connectivity index (χ0) is 19.1. The normalized spacial score (nSPS) is 14.7. The van der Waals surface area contributed by atoms with Crippen molar-refractivity contribution in [2.24, 2.45) is 5.92 Å². The minimum absolute atomic E-state index is 0.156. The van der Waals surface area contributed by atoms with Crippen LogP contribution in [0.5, 0.6) is 5.75 Å². The fraction of sp³-hybridized carbons (Fsp3) is 0.533. The monoisotopic (exact) mass is 386 g/mol. The van der Waals surface area contributed by atoms with Crippen LogP contribution in [0.15, 0.2) is 12.1 Å². The molecule has 0 atom stereocenters. The van der Waals surface area contributed by atoms with E-state index in [1.807, 2.05) is 0 Å². The lowest BCUT2D eigenvalue weighted by Gasteiger charge is -2.21. The summed E-state index contributed by atoms with van der Waals surface area (Å²) in [6.07, 6.45) is 6.41. The van der Waals surface area contributed by atoms with Gasteiger partial charge in [-0.15, -0.1) is 4.33 Å². The highest BCUT2D eigenvalue weighted by atomic mass is 32.1. The first-order valence-electron chi connectivity index (χ1n) is 8.06. The number of carbonyl (C=O) groups excluding carboxylic acids is 1. The van der Waals surface area contributed by atoms with Crippen LogP contribution in [0.3, 0.4) is 0 Å². The molecule has 1 aliphatic rings. The van der Waals surface area contributed by atoms with Gasteiger partial charge in [-0.05, 0) is 12.3 Å². The molecule has 10 nitrogen and oxygen atoms in total. The molecule has 0 unspecified atom stereocenters. The van der Waals surface area contributed by atoms with E-state index < -0.39 is 32.9 Å². The summed E-state index contributed by atoms with van der Waals surface area (Å²) < 4.78 is 9.14. The first-order chi connectivity index (χ1) is 12.4. The van der Waals surface area contributed by atoms with Crippen LogP contribution in [0.1, 0.15) is 48.9 Å². The second kappa shape index (κ2) is 9.34. The molecular weight excluding hydrogens is 368 g/mol. The van der Waals surface area contributed by atoms with Crippen molar-refractivity contribution in [3.63, 3.8) is 0 Å². The van der Waals surface area contributed by atoms with Gasteiger partial charge in [-0.1, -0.05) is 32.1 Å². The van der Waals surface area contributed by atoms with Crippen LogP contribution in [0, 0.1) is 26.1 Å². The standard InChI is InChI=1S/C15H18N2O8S/c18-15(23-7-6-10-4-2-1-3-5-10)11-8-12(16(19)20)14(24-25-26)13(9-11)17(21)22/h8-10,26H,1-7H2. The number of thiol groups is 1. The minimum Gasteiger partial charge on any atom is -0.462 e. The van der Waals surface area contributed by atoms with E-state index in [9.17, 15) is 25.0 Å². The summed E-state index contributed by atoms with van der Waals surface area (Å²) in [7, 11) is 0. The molecule has 26 heavy (non-hydrogen) atoms. The van der Waals surface area contributed by atoms with Gasteiger partial charge in [-0.3, -0.25) is 20.2 Å². The number of nitro groups is 2. The number of ether oxygens (including phenoxy) is 1. The van der Waals surface area contributed by atoms with Crippen molar-refractivity contribution in [1.82, 2.24) is 0 Å². The van der Waals surface area contributed by atoms with E-state index in [0.29, 0.717) is 12.3 Å². The average Bonchev–Trinajstić information content (AvgIpc) is 2.62. The summed E-state index contributed by atoms with van der Waals surface area (Å²) in [5, 5.41) is 22.3. The van der Waals surface area contributed by atoms with E-state index in [2.05, 4.69) is 22.1 Å². The first kappa shape index (κ1) is 19.9. The summed E-state index contributed by atoms with van der Waals surface area (Å²) in [4.78, 5) is 37.0. The van der Waals surface area contributed by atoms with Gasteiger partial charge in [-0.25, -0.2) is 4.79 Å². The third-order valence-corrected chi connectivity index (χ3v) is 4.36. The van der Waals surface area contributed by atoms with Crippen molar-refractivity contribution in [3.8, 4) is 5.75 Å². The summed E-state index contributed by atoms with van der Waals surface area (Å²) in [6.45, 7) is 0.156. The lowest BCUT2D eigenvalue weighted by molar-refractivity contribution is -0.398. The smallest absolute Gasteiger partial charge is 0.338 e. The van der Waals surface area contributed by atoms with Crippen molar-refractivity contribution in [2.45, 2.75) is 38.5 Å². The molecule has 1 aromatic rings. The third-order valence-electron chi connectivity index (χ3n) is 4.28. The highest BCUT2D eigenvalue weighted by Crippen LogP contribution is 2.38. The molecule has 1 fully saturated rings. The number of hydrogen-bond donors (Lipinski definition) is 1. The molecule has 0 heterocycles. The maximum Gasteiger partial charge on any atom is 0.338 e. The van der Waals surface area contributed by atoms with Gasteiger partial charge in [0, 0.05) is 25.0 Å². The Morgan fingerprint density at radius 2 is 1.69 bits per heavy atom. The molecular formula is C15H18N2O8S. The van der Waals surface area contributed by atoms with Gasteiger partial charge >= 0.3 is 23.1 Å².